The first-order chi connectivity index (χ1) is 24.5. The highest BCUT2D eigenvalue weighted by Crippen LogP contribution is 2.29. The van der Waals surface area contributed by atoms with Crippen LogP contribution in [-0.4, -0.2) is 89.9 Å². The third-order valence-electron chi connectivity index (χ3n) is 9.18. The molecule has 0 aromatic heterocycles. The molecule has 3 atom stereocenters. The van der Waals surface area contributed by atoms with Crippen molar-refractivity contribution in [3.63, 3.8) is 0 Å². The van der Waals surface area contributed by atoms with E-state index >= 15 is 0 Å². The molecule has 16 heteroatoms. The van der Waals surface area contributed by atoms with Gasteiger partial charge >= 0.3 is 6.09 Å². The molecule has 1 saturated heterocycles. The number of hydrogen-bond donors (Lipinski definition) is 3. The maximum atomic E-state index is 14.0. The number of nitro benzene ring substituents is 1. The second-order valence-electron chi connectivity index (χ2n) is 14.8. The van der Waals surface area contributed by atoms with E-state index in [0.29, 0.717) is 24.5 Å². The smallest absolute Gasteiger partial charge is 0.408 e. The lowest BCUT2D eigenvalue weighted by molar-refractivity contribution is -0.387. The first-order valence-electron chi connectivity index (χ1n) is 17.8. The highest BCUT2D eigenvalue weighted by molar-refractivity contribution is 7.92. The van der Waals surface area contributed by atoms with Crippen molar-refractivity contribution >= 4 is 45.0 Å². The number of carbonyl (C=O) groups excluding carboxylic acids is 3. The Kier molecular flexibility index (Phi) is 14.0. The Balaban J connectivity index is 1.58. The standard InChI is InChI=1S/C36H51ClN6O8S/c1-24(2)34(45)42(27-11-7-6-8-12-27)28-19-20-41(23-28)40-33(44)29(21-25-15-17-26(37)18-16-25)38-22-32(39-35(46)51-36(3,4)5)52(49,50)31-14-10-9-13-30(31)43(47)48/h9-10,13-18,24,27-29,32,38H,6-8,11-12,19-23H2,1-5H3,(H,39,46)(H,40,44)/t28-,29+,32?/m0/s1. The van der Waals surface area contributed by atoms with Crippen LogP contribution in [0.25, 0.3) is 0 Å². The van der Waals surface area contributed by atoms with E-state index in [9.17, 15) is 32.9 Å². The summed E-state index contributed by atoms with van der Waals surface area (Å²) in [6.45, 7) is 9.08. The van der Waals surface area contributed by atoms with Gasteiger partial charge in [-0.15, -0.1) is 0 Å². The van der Waals surface area contributed by atoms with Crippen LogP contribution in [0.1, 0.15) is 78.7 Å². The van der Waals surface area contributed by atoms with Crippen molar-refractivity contribution in [2.24, 2.45) is 5.92 Å². The number of para-hydroxylation sites is 1. The quantitative estimate of drug-likeness (QED) is 0.175. The van der Waals surface area contributed by atoms with Gasteiger partial charge in [-0.1, -0.05) is 69.0 Å². The van der Waals surface area contributed by atoms with Crippen molar-refractivity contribution in [1.82, 2.24) is 26.0 Å². The number of ether oxygens (including phenoxy) is 1. The molecule has 2 aromatic carbocycles. The minimum absolute atomic E-state index is 0.0739. The first-order valence-corrected chi connectivity index (χ1v) is 19.7. The summed E-state index contributed by atoms with van der Waals surface area (Å²) in [5, 5.41) is 17.7. The number of nitrogens with one attached hydrogen (secondary N) is 3. The van der Waals surface area contributed by atoms with Gasteiger partial charge in [0.15, 0.2) is 5.37 Å². The molecule has 0 spiro atoms. The second-order valence-corrected chi connectivity index (χ2v) is 17.3. The summed E-state index contributed by atoms with van der Waals surface area (Å²) in [7, 11) is -4.61. The van der Waals surface area contributed by atoms with E-state index in [1.54, 1.807) is 50.0 Å². The minimum atomic E-state index is -4.61. The fourth-order valence-electron chi connectivity index (χ4n) is 6.66. The van der Waals surface area contributed by atoms with Crippen molar-refractivity contribution in [1.29, 1.82) is 0 Å². The molecular formula is C36H51ClN6O8S. The Labute approximate surface area is 311 Å². The number of alkyl carbamates (subject to hydrolysis) is 1. The van der Waals surface area contributed by atoms with E-state index in [1.165, 1.54) is 12.1 Å². The van der Waals surface area contributed by atoms with Crippen LogP contribution in [0.4, 0.5) is 10.5 Å². The molecule has 2 aliphatic rings. The van der Waals surface area contributed by atoms with Crippen molar-refractivity contribution in [2.45, 2.75) is 114 Å². The normalized spacial score (nSPS) is 18.4. The van der Waals surface area contributed by atoms with Crippen LogP contribution in [0.2, 0.25) is 5.02 Å². The maximum Gasteiger partial charge on any atom is 0.408 e. The van der Waals surface area contributed by atoms with Crippen LogP contribution < -0.4 is 16.1 Å². The van der Waals surface area contributed by atoms with Gasteiger partial charge in [-0.05, 0) is 70.2 Å². The maximum absolute atomic E-state index is 14.0. The van der Waals surface area contributed by atoms with Gasteiger partial charge in [-0.3, -0.25) is 25.1 Å². The molecule has 1 saturated carbocycles. The molecule has 52 heavy (non-hydrogen) atoms. The number of hydrogen-bond acceptors (Lipinski definition) is 10. The third-order valence-corrected chi connectivity index (χ3v) is 11.4. The van der Waals surface area contributed by atoms with E-state index in [0.717, 1.165) is 49.8 Å². The SMILES string of the molecule is CC(C)C(=O)N(C1CCCCC1)[C@H]1CCN(NC(=O)[C@@H](Cc2ccc(Cl)cc2)NCC(NC(=O)OC(C)(C)C)S(=O)(=O)c2ccccc2[N+](=O)[O-])C1. The van der Waals surface area contributed by atoms with E-state index in [2.05, 4.69) is 16.1 Å². The van der Waals surface area contributed by atoms with Crippen LogP contribution in [0.5, 0.6) is 0 Å². The highest BCUT2D eigenvalue weighted by atomic mass is 35.5. The molecule has 4 rings (SSSR count). The summed E-state index contributed by atoms with van der Waals surface area (Å²) in [6, 6.07) is 10.8. The van der Waals surface area contributed by atoms with Crippen LogP contribution in [0.15, 0.2) is 53.4 Å². The number of sulfone groups is 1. The van der Waals surface area contributed by atoms with Crippen molar-refractivity contribution in [3.05, 3.63) is 69.2 Å². The molecule has 1 heterocycles. The number of carbonyl (C=O) groups is 3. The fourth-order valence-corrected chi connectivity index (χ4v) is 8.36. The van der Waals surface area contributed by atoms with Gasteiger partial charge in [0, 0.05) is 48.7 Å². The predicted molar refractivity (Wildman–Crippen MR) is 197 cm³/mol. The number of hydrazine groups is 1. The molecule has 3 N–H and O–H groups in total. The molecular weight excluding hydrogens is 712 g/mol. The Morgan fingerprint density at radius 2 is 1.67 bits per heavy atom. The number of halogens is 1. The Bertz CT molecular complexity index is 1680. The van der Waals surface area contributed by atoms with E-state index in [-0.39, 0.29) is 30.3 Å². The molecule has 1 unspecified atom stereocenters. The predicted octanol–water partition coefficient (Wildman–Crippen LogP) is 5.00. The van der Waals surface area contributed by atoms with Crippen molar-refractivity contribution in [3.8, 4) is 0 Å². The number of rotatable bonds is 14. The molecule has 0 radical (unpaired) electrons. The largest absolute Gasteiger partial charge is 0.444 e. The lowest BCUT2D eigenvalue weighted by Crippen LogP contribution is -2.56. The zero-order valence-electron chi connectivity index (χ0n) is 30.5. The second kappa shape index (κ2) is 17.8. The molecule has 1 aliphatic heterocycles. The Morgan fingerprint density at radius 3 is 2.29 bits per heavy atom. The van der Waals surface area contributed by atoms with Gasteiger partial charge in [0.25, 0.3) is 11.6 Å². The van der Waals surface area contributed by atoms with Gasteiger partial charge in [0.05, 0.1) is 11.0 Å². The average molecular weight is 763 g/mol. The summed E-state index contributed by atoms with van der Waals surface area (Å²) in [5.41, 5.74) is 2.07. The van der Waals surface area contributed by atoms with Gasteiger partial charge < -0.3 is 20.3 Å². The zero-order chi connectivity index (χ0) is 38.2. The first kappa shape index (κ1) is 41.0. The topological polar surface area (TPSA) is 180 Å². The van der Waals surface area contributed by atoms with Gasteiger partial charge in [0.1, 0.15) is 10.5 Å². The molecule has 286 valence electrons. The minimum Gasteiger partial charge on any atom is -0.444 e. The summed E-state index contributed by atoms with van der Waals surface area (Å²) < 4.78 is 33.3. The van der Waals surface area contributed by atoms with Crippen molar-refractivity contribution in [2.75, 3.05) is 19.6 Å². The van der Waals surface area contributed by atoms with Crippen LogP contribution in [0.3, 0.4) is 0 Å². The van der Waals surface area contributed by atoms with Crippen LogP contribution in [-0.2, 0) is 30.6 Å². The third kappa shape index (κ3) is 11.1. The summed E-state index contributed by atoms with van der Waals surface area (Å²) in [4.78, 5) is 52.8. The molecule has 2 fully saturated rings. The van der Waals surface area contributed by atoms with Crippen molar-refractivity contribution < 1.29 is 32.5 Å². The number of nitro groups is 1. The summed E-state index contributed by atoms with van der Waals surface area (Å²) in [5.74, 6) is -0.515. The van der Waals surface area contributed by atoms with E-state index < -0.39 is 60.9 Å². The molecule has 3 amide bonds. The van der Waals surface area contributed by atoms with Gasteiger partial charge in [-0.25, -0.2) is 18.2 Å². The average Bonchev–Trinajstić information content (AvgIpc) is 3.53. The monoisotopic (exact) mass is 762 g/mol. The van der Waals surface area contributed by atoms with Gasteiger partial charge in [0.2, 0.25) is 15.7 Å². The molecule has 0 bridgehead atoms. The molecule has 1 aliphatic carbocycles. The van der Waals surface area contributed by atoms with Crippen LogP contribution >= 0.6 is 11.6 Å². The molecule has 2 aromatic rings. The Morgan fingerprint density at radius 1 is 1.02 bits per heavy atom. The lowest BCUT2D eigenvalue weighted by Gasteiger charge is -2.39. The van der Waals surface area contributed by atoms with E-state index in [1.807, 2.05) is 18.7 Å². The number of amides is 3. The summed E-state index contributed by atoms with van der Waals surface area (Å²) >= 11 is 6.11. The molecule has 14 nitrogen and oxygen atoms in total. The number of nitrogens with zero attached hydrogens (tertiary/aromatic N) is 3. The van der Waals surface area contributed by atoms with Gasteiger partial charge in [-0.2, -0.15) is 0 Å². The Hall–Kier alpha value is -3.79. The number of benzene rings is 2. The zero-order valence-corrected chi connectivity index (χ0v) is 32.0. The fraction of sp³-hybridized carbons (Fsp3) is 0.583. The highest BCUT2D eigenvalue weighted by Gasteiger charge is 2.39. The van der Waals surface area contributed by atoms with Crippen LogP contribution in [0, 0.1) is 16.0 Å². The summed E-state index contributed by atoms with van der Waals surface area (Å²) in [6.07, 6.45) is 4.98. The lowest BCUT2D eigenvalue weighted by atomic mass is 9.92. The van der Waals surface area contributed by atoms with E-state index in [4.69, 9.17) is 16.3 Å².